The van der Waals surface area contributed by atoms with Crippen LogP contribution in [0.4, 0.5) is 5.69 Å². The van der Waals surface area contributed by atoms with E-state index < -0.39 is 0 Å². The molecule has 1 aromatic carbocycles. The molecule has 0 aromatic heterocycles. The molecule has 1 rings (SSSR count). The predicted molar refractivity (Wildman–Crippen MR) is 67.9 cm³/mol. The Labute approximate surface area is 97.0 Å². The number of halogens is 1. The summed E-state index contributed by atoms with van der Waals surface area (Å²) in [7, 11) is 4.00. The summed E-state index contributed by atoms with van der Waals surface area (Å²) in [6.45, 7) is 2.91. The molecule has 0 amide bonds. The summed E-state index contributed by atoms with van der Waals surface area (Å²) in [6.07, 6.45) is 1.01. The number of anilines is 1. The third-order valence-corrected chi connectivity index (χ3v) is 2.94. The van der Waals surface area contributed by atoms with Crippen LogP contribution in [0.25, 0.3) is 0 Å². The van der Waals surface area contributed by atoms with Crippen LogP contribution in [0.1, 0.15) is 24.8 Å². The molecule has 0 saturated heterocycles. The van der Waals surface area contributed by atoms with Crippen molar-refractivity contribution < 1.29 is 0 Å². The highest BCUT2D eigenvalue weighted by Crippen LogP contribution is 2.29. The molecule has 84 valence electrons. The molecule has 0 aliphatic carbocycles. The molecule has 1 unspecified atom stereocenters. The Bertz CT molecular complexity index is 323. The van der Waals surface area contributed by atoms with Crippen LogP contribution in [0.5, 0.6) is 0 Å². The molecule has 1 atom stereocenters. The fraction of sp³-hybridized carbons (Fsp3) is 0.500. The highest BCUT2D eigenvalue weighted by molar-refractivity contribution is 6.33. The lowest BCUT2D eigenvalue weighted by Gasteiger charge is -2.18. The fourth-order valence-electron chi connectivity index (χ4n) is 1.60. The molecular formula is C12H19ClN2. The maximum absolute atomic E-state index is 6.11. The van der Waals surface area contributed by atoms with E-state index in [1.54, 1.807) is 0 Å². The van der Waals surface area contributed by atoms with Gasteiger partial charge in [-0.05, 0) is 36.6 Å². The second kappa shape index (κ2) is 5.38. The molecule has 3 heteroatoms. The lowest BCUT2D eigenvalue weighted by molar-refractivity contribution is 0.690. The molecule has 0 aliphatic rings. The molecule has 2 nitrogen and oxygen atoms in total. The lowest BCUT2D eigenvalue weighted by atomic mass is 9.97. The van der Waals surface area contributed by atoms with Crippen LogP contribution in [0.15, 0.2) is 18.2 Å². The first-order chi connectivity index (χ1) is 7.06. The molecule has 0 heterocycles. The molecular weight excluding hydrogens is 208 g/mol. The van der Waals surface area contributed by atoms with Gasteiger partial charge in [0.25, 0.3) is 0 Å². The maximum Gasteiger partial charge on any atom is 0.0639 e. The Kier molecular flexibility index (Phi) is 4.43. The Balaban J connectivity index is 2.96. The molecule has 1 aromatic rings. The average Bonchev–Trinajstić information content (AvgIpc) is 2.18. The minimum Gasteiger partial charge on any atom is -0.376 e. The molecule has 2 N–H and O–H groups in total. The zero-order valence-corrected chi connectivity index (χ0v) is 10.4. The van der Waals surface area contributed by atoms with E-state index in [1.165, 1.54) is 5.56 Å². The molecule has 0 bridgehead atoms. The third kappa shape index (κ3) is 3.11. The first-order valence-corrected chi connectivity index (χ1v) is 5.61. The third-order valence-electron chi connectivity index (χ3n) is 2.62. The zero-order chi connectivity index (χ0) is 11.4. The zero-order valence-electron chi connectivity index (χ0n) is 9.63. The molecule has 0 saturated carbocycles. The predicted octanol–water partition coefficient (Wildman–Crippen LogP) is 2.86. The first-order valence-electron chi connectivity index (χ1n) is 5.23. The highest BCUT2D eigenvalue weighted by Gasteiger charge is 2.08. The van der Waals surface area contributed by atoms with E-state index in [0.717, 1.165) is 23.7 Å². The summed E-state index contributed by atoms with van der Waals surface area (Å²) in [4.78, 5) is 2.03. The molecule has 0 spiro atoms. The minimum absolute atomic E-state index is 0.492. The van der Waals surface area contributed by atoms with Crippen molar-refractivity contribution in [2.45, 2.75) is 19.3 Å². The Morgan fingerprint density at radius 2 is 2.07 bits per heavy atom. The number of hydrogen-bond donors (Lipinski definition) is 1. The van der Waals surface area contributed by atoms with E-state index in [-0.39, 0.29) is 0 Å². The van der Waals surface area contributed by atoms with Crippen molar-refractivity contribution in [2.24, 2.45) is 5.73 Å². The van der Waals surface area contributed by atoms with Crippen molar-refractivity contribution in [1.82, 2.24) is 0 Å². The lowest BCUT2D eigenvalue weighted by Crippen LogP contribution is -2.10. The van der Waals surface area contributed by atoms with Crippen molar-refractivity contribution in [3.63, 3.8) is 0 Å². The van der Waals surface area contributed by atoms with Crippen LogP contribution in [-0.2, 0) is 0 Å². The van der Waals surface area contributed by atoms with E-state index in [9.17, 15) is 0 Å². The highest BCUT2D eigenvalue weighted by atomic mass is 35.5. The van der Waals surface area contributed by atoms with Gasteiger partial charge in [0.05, 0.1) is 10.7 Å². The minimum atomic E-state index is 0.492. The van der Waals surface area contributed by atoms with Gasteiger partial charge in [-0.3, -0.25) is 0 Å². The van der Waals surface area contributed by atoms with Gasteiger partial charge in [-0.15, -0.1) is 0 Å². The second-order valence-corrected chi connectivity index (χ2v) is 4.49. The van der Waals surface area contributed by atoms with Gasteiger partial charge in [-0.2, -0.15) is 0 Å². The molecule has 0 aliphatic heterocycles. The number of benzene rings is 1. The summed E-state index contributed by atoms with van der Waals surface area (Å²) < 4.78 is 0. The fourth-order valence-corrected chi connectivity index (χ4v) is 1.88. The Morgan fingerprint density at radius 1 is 1.40 bits per heavy atom. The van der Waals surface area contributed by atoms with E-state index >= 15 is 0 Å². The van der Waals surface area contributed by atoms with Gasteiger partial charge in [0.15, 0.2) is 0 Å². The SMILES string of the molecule is CC(CCN)c1ccc(Cl)c(N(C)C)c1. The molecule has 0 radical (unpaired) electrons. The first kappa shape index (κ1) is 12.3. The van der Waals surface area contributed by atoms with Gasteiger partial charge in [-0.25, -0.2) is 0 Å². The monoisotopic (exact) mass is 226 g/mol. The number of nitrogens with zero attached hydrogens (tertiary/aromatic N) is 1. The van der Waals surface area contributed by atoms with Gasteiger partial charge < -0.3 is 10.6 Å². The summed E-state index contributed by atoms with van der Waals surface area (Å²) in [6, 6.07) is 6.18. The second-order valence-electron chi connectivity index (χ2n) is 4.08. The average molecular weight is 227 g/mol. The Morgan fingerprint density at radius 3 is 2.60 bits per heavy atom. The van der Waals surface area contributed by atoms with Crippen LogP contribution in [0.2, 0.25) is 5.02 Å². The molecule has 0 fully saturated rings. The van der Waals surface area contributed by atoms with E-state index in [1.807, 2.05) is 25.1 Å². The summed E-state index contributed by atoms with van der Waals surface area (Å²) in [5.41, 5.74) is 7.93. The Hall–Kier alpha value is -0.730. The number of rotatable bonds is 4. The topological polar surface area (TPSA) is 29.3 Å². The largest absolute Gasteiger partial charge is 0.376 e. The smallest absolute Gasteiger partial charge is 0.0639 e. The standard InChI is InChI=1S/C12H19ClN2/c1-9(6-7-14)10-4-5-11(13)12(8-10)15(2)3/h4-5,8-9H,6-7,14H2,1-3H3. The van der Waals surface area contributed by atoms with E-state index in [2.05, 4.69) is 19.1 Å². The van der Waals surface area contributed by atoms with Crippen molar-refractivity contribution in [3.05, 3.63) is 28.8 Å². The number of nitrogens with two attached hydrogens (primary N) is 1. The van der Waals surface area contributed by atoms with Crippen LogP contribution in [0, 0.1) is 0 Å². The van der Waals surface area contributed by atoms with Crippen molar-refractivity contribution in [1.29, 1.82) is 0 Å². The van der Waals surface area contributed by atoms with Crippen molar-refractivity contribution >= 4 is 17.3 Å². The quantitative estimate of drug-likeness (QED) is 0.856. The number of hydrogen-bond acceptors (Lipinski definition) is 2. The van der Waals surface area contributed by atoms with Gasteiger partial charge in [0.1, 0.15) is 0 Å². The van der Waals surface area contributed by atoms with E-state index in [0.29, 0.717) is 5.92 Å². The summed E-state index contributed by atoms with van der Waals surface area (Å²) in [5.74, 6) is 0.492. The van der Waals surface area contributed by atoms with Gasteiger partial charge >= 0.3 is 0 Å². The van der Waals surface area contributed by atoms with Gasteiger partial charge in [-0.1, -0.05) is 24.6 Å². The maximum atomic E-state index is 6.11. The van der Waals surface area contributed by atoms with Gasteiger partial charge in [0, 0.05) is 14.1 Å². The van der Waals surface area contributed by atoms with E-state index in [4.69, 9.17) is 17.3 Å². The normalized spacial score (nSPS) is 12.6. The van der Waals surface area contributed by atoms with Crippen LogP contribution in [0.3, 0.4) is 0 Å². The summed E-state index contributed by atoms with van der Waals surface area (Å²) >= 11 is 6.11. The van der Waals surface area contributed by atoms with Crippen LogP contribution in [-0.4, -0.2) is 20.6 Å². The summed E-state index contributed by atoms with van der Waals surface area (Å²) in [5, 5.41) is 0.795. The molecule has 15 heavy (non-hydrogen) atoms. The van der Waals surface area contributed by atoms with Crippen molar-refractivity contribution in [3.8, 4) is 0 Å². The van der Waals surface area contributed by atoms with Crippen molar-refractivity contribution in [2.75, 3.05) is 25.5 Å². The van der Waals surface area contributed by atoms with Crippen LogP contribution < -0.4 is 10.6 Å². The van der Waals surface area contributed by atoms with Gasteiger partial charge in [0.2, 0.25) is 0 Å². The van der Waals surface area contributed by atoms with Crippen LogP contribution >= 0.6 is 11.6 Å².